The van der Waals surface area contributed by atoms with Gasteiger partial charge in [-0.15, -0.1) is 0 Å². The fourth-order valence-corrected chi connectivity index (χ4v) is 4.51. The van der Waals surface area contributed by atoms with E-state index in [1.165, 1.54) is 18.5 Å². The van der Waals surface area contributed by atoms with Gasteiger partial charge in [-0.2, -0.15) is 30.7 Å². The monoisotopic (exact) mass is 499 g/mol. The van der Waals surface area contributed by atoms with Crippen molar-refractivity contribution in [3.05, 3.63) is 52.0 Å². The van der Waals surface area contributed by atoms with Crippen molar-refractivity contribution in [1.29, 1.82) is 0 Å². The molecule has 1 atom stereocenters. The topological polar surface area (TPSA) is 45.0 Å². The first-order valence-electron chi connectivity index (χ1n) is 9.11. The van der Waals surface area contributed by atoms with E-state index >= 15 is 0 Å². The molecule has 0 aliphatic heterocycles. The van der Waals surface area contributed by atoms with Crippen molar-refractivity contribution in [2.75, 3.05) is 19.8 Å². The molecule has 2 rings (SSSR count). The number of benzene rings is 2. The van der Waals surface area contributed by atoms with Gasteiger partial charge in [-0.05, 0) is 49.7 Å². The summed E-state index contributed by atoms with van der Waals surface area (Å²) in [7, 11) is -1.66. The van der Waals surface area contributed by atoms with Crippen LogP contribution in [0.15, 0.2) is 44.6 Å². The van der Waals surface area contributed by atoms with Crippen LogP contribution in [-0.4, -0.2) is 35.3 Å². The number of aliphatic imine (C=N–C) groups is 1. The van der Waals surface area contributed by atoms with E-state index in [0.717, 1.165) is 6.26 Å². The number of halogens is 7. The lowest BCUT2D eigenvalue weighted by atomic mass is 10.1. The highest BCUT2D eigenvalue weighted by atomic mass is 35.5. The third kappa shape index (κ3) is 6.38. The molecule has 0 fully saturated rings. The Morgan fingerprint density at radius 3 is 2.03 bits per heavy atom. The summed E-state index contributed by atoms with van der Waals surface area (Å²) < 4.78 is 95.6. The first-order valence-corrected chi connectivity index (χ1v) is 11.4. The molecule has 176 valence electrons. The Morgan fingerprint density at radius 1 is 1.03 bits per heavy atom. The van der Waals surface area contributed by atoms with E-state index in [9.17, 15) is 30.6 Å². The minimum atomic E-state index is -5.04. The zero-order valence-corrected chi connectivity index (χ0v) is 19.0. The Hall–Kier alpha value is -2.27. The lowest BCUT2D eigenvalue weighted by molar-refractivity contribution is -0.143. The number of alkyl halides is 6. The largest absolute Gasteiger partial charge is 0.416 e. The first kappa shape index (κ1) is 26.0. The SMILES string of the molecule is CCN(C)C=Nc1cc(C)c(S(C)(=O)=Nc2cc(C(F)(F)F)cc(C(F)(F)F)c2)cc1Cl. The van der Waals surface area contributed by atoms with E-state index in [-0.39, 0.29) is 16.0 Å². The van der Waals surface area contributed by atoms with Crippen molar-refractivity contribution in [2.45, 2.75) is 31.1 Å². The summed E-state index contributed by atoms with van der Waals surface area (Å²) in [6, 6.07) is 3.66. The van der Waals surface area contributed by atoms with Crippen LogP contribution in [0.1, 0.15) is 23.6 Å². The van der Waals surface area contributed by atoms with Crippen molar-refractivity contribution in [1.82, 2.24) is 4.90 Å². The molecule has 0 heterocycles. The quantitative estimate of drug-likeness (QED) is 0.250. The molecule has 32 heavy (non-hydrogen) atoms. The van der Waals surface area contributed by atoms with Crippen LogP contribution in [0.25, 0.3) is 0 Å². The molecule has 0 radical (unpaired) electrons. The number of nitrogens with zero attached hydrogens (tertiary/aromatic N) is 3. The molecule has 0 bridgehead atoms. The summed E-state index contributed by atoms with van der Waals surface area (Å²) in [5.41, 5.74) is -3.01. The smallest absolute Gasteiger partial charge is 0.366 e. The van der Waals surface area contributed by atoms with Gasteiger partial charge in [0.05, 0.1) is 48.5 Å². The Labute approximate surface area is 187 Å². The van der Waals surface area contributed by atoms with Gasteiger partial charge in [-0.1, -0.05) is 11.6 Å². The van der Waals surface area contributed by atoms with Crippen LogP contribution in [0, 0.1) is 6.92 Å². The highest BCUT2D eigenvalue weighted by molar-refractivity contribution is 7.93. The van der Waals surface area contributed by atoms with Crippen LogP contribution in [0.4, 0.5) is 37.7 Å². The van der Waals surface area contributed by atoms with Crippen molar-refractivity contribution in [3.8, 4) is 0 Å². The van der Waals surface area contributed by atoms with Gasteiger partial charge in [0, 0.05) is 19.8 Å². The van der Waals surface area contributed by atoms with Gasteiger partial charge >= 0.3 is 12.4 Å². The Balaban J connectivity index is 2.63. The fraction of sp³-hybridized carbons (Fsp3) is 0.350. The van der Waals surface area contributed by atoms with E-state index in [2.05, 4.69) is 9.36 Å². The summed E-state index contributed by atoms with van der Waals surface area (Å²) in [6.45, 7) is 4.17. The number of hydrogen-bond acceptors (Lipinski definition) is 3. The predicted octanol–water partition coefficient (Wildman–Crippen LogP) is 7.09. The second kappa shape index (κ2) is 9.30. The number of hydrogen-bond donors (Lipinski definition) is 0. The lowest BCUT2D eigenvalue weighted by Gasteiger charge is -2.14. The van der Waals surface area contributed by atoms with Crippen molar-refractivity contribution >= 4 is 39.0 Å². The molecule has 2 aromatic carbocycles. The lowest BCUT2D eigenvalue weighted by Crippen LogP contribution is -2.14. The molecule has 0 amide bonds. The summed E-state index contributed by atoms with van der Waals surface area (Å²) in [4.78, 5) is 6.08. The molecular formula is C20H20ClF6N3OS. The molecule has 0 saturated heterocycles. The molecule has 0 spiro atoms. The zero-order valence-electron chi connectivity index (χ0n) is 17.5. The third-order valence-electron chi connectivity index (χ3n) is 4.40. The van der Waals surface area contributed by atoms with Gasteiger partial charge in [-0.3, -0.25) is 0 Å². The van der Waals surface area contributed by atoms with Crippen LogP contribution < -0.4 is 0 Å². The molecule has 12 heteroatoms. The van der Waals surface area contributed by atoms with Gasteiger partial charge in [0.25, 0.3) is 0 Å². The second-order valence-electron chi connectivity index (χ2n) is 7.04. The average molecular weight is 500 g/mol. The normalized spacial score (nSPS) is 14.5. The Morgan fingerprint density at radius 2 is 1.56 bits per heavy atom. The molecule has 0 N–H and O–H groups in total. The molecule has 0 aromatic heterocycles. The standard InChI is InChI=1S/C20H20ClF6N3OS/c1-5-30(3)11-28-17-6-12(2)18(10-16(17)21)32(4,31)29-15-8-13(19(22,23)24)7-14(9-15)20(25,26)27/h6-11H,5H2,1-4H3. The van der Waals surface area contributed by atoms with Crippen LogP contribution in [0.5, 0.6) is 0 Å². The van der Waals surface area contributed by atoms with Crippen LogP contribution in [0.3, 0.4) is 0 Å². The number of aryl methyl sites for hydroxylation is 1. The van der Waals surface area contributed by atoms with Gasteiger partial charge in [0.15, 0.2) is 0 Å². The van der Waals surface area contributed by atoms with Crippen molar-refractivity contribution < 1.29 is 30.6 Å². The maximum atomic E-state index is 13.2. The van der Waals surface area contributed by atoms with Gasteiger partial charge < -0.3 is 4.90 Å². The fourth-order valence-electron chi connectivity index (χ4n) is 2.64. The Bertz CT molecular complexity index is 1120. The summed E-state index contributed by atoms with van der Waals surface area (Å²) in [5.74, 6) is 0. The van der Waals surface area contributed by atoms with E-state index in [0.29, 0.717) is 29.9 Å². The molecular weight excluding hydrogens is 480 g/mol. The molecule has 0 aliphatic carbocycles. The maximum absolute atomic E-state index is 13.2. The van der Waals surface area contributed by atoms with E-state index in [1.807, 2.05) is 6.92 Å². The predicted molar refractivity (Wildman–Crippen MR) is 114 cm³/mol. The summed E-state index contributed by atoms with van der Waals surface area (Å²) in [6.07, 6.45) is -7.42. The van der Waals surface area contributed by atoms with E-state index < -0.39 is 38.9 Å². The van der Waals surface area contributed by atoms with Crippen LogP contribution >= 0.6 is 11.6 Å². The summed E-state index contributed by atoms with van der Waals surface area (Å²) >= 11 is 6.21. The van der Waals surface area contributed by atoms with E-state index in [4.69, 9.17) is 11.6 Å². The summed E-state index contributed by atoms with van der Waals surface area (Å²) in [5, 5.41) is 0.108. The molecule has 0 saturated carbocycles. The molecule has 2 aromatic rings. The van der Waals surface area contributed by atoms with Crippen LogP contribution in [0.2, 0.25) is 5.02 Å². The third-order valence-corrected chi connectivity index (χ3v) is 6.52. The molecule has 0 aliphatic rings. The first-order chi connectivity index (χ1) is 14.5. The Kier molecular flexibility index (Phi) is 7.55. The van der Waals surface area contributed by atoms with E-state index in [1.54, 1.807) is 18.9 Å². The van der Waals surface area contributed by atoms with Crippen LogP contribution in [-0.2, 0) is 22.1 Å². The van der Waals surface area contributed by atoms with Crippen molar-refractivity contribution in [2.24, 2.45) is 9.36 Å². The highest BCUT2D eigenvalue weighted by Crippen LogP contribution is 2.39. The van der Waals surface area contributed by atoms with Gasteiger partial charge in [0.1, 0.15) is 0 Å². The molecule has 1 unspecified atom stereocenters. The minimum absolute atomic E-state index is 0.0151. The zero-order chi connectivity index (χ0) is 24.5. The minimum Gasteiger partial charge on any atom is -0.366 e. The highest BCUT2D eigenvalue weighted by Gasteiger charge is 2.37. The maximum Gasteiger partial charge on any atom is 0.416 e. The van der Waals surface area contributed by atoms with Gasteiger partial charge in [0.2, 0.25) is 0 Å². The second-order valence-corrected chi connectivity index (χ2v) is 9.68. The number of rotatable bonds is 5. The average Bonchev–Trinajstić information content (AvgIpc) is 2.65. The molecule has 4 nitrogen and oxygen atoms in total. The van der Waals surface area contributed by atoms with Gasteiger partial charge in [-0.25, -0.2) is 9.20 Å². The van der Waals surface area contributed by atoms with Crippen molar-refractivity contribution in [3.63, 3.8) is 0 Å².